The minimum Gasteiger partial charge on any atom is -0.457 e. The van der Waals surface area contributed by atoms with Gasteiger partial charge in [-0.2, -0.15) is 4.31 Å². The highest BCUT2D eigenvalue weighted by atomic mass is 32.2. The Balaban J connectivity index is 1.25. The number of sulfonamides is 1. The number of nitrogens with zero attached hydrogens (tertiary/aromatic N) is 1. The predicted octanol–water partition coefficient (Wildman–Crippen LogP) is 3.32. The molecule has 0 aromatic heterocycles. The summed E-state index contributed by atoms with van der Waals surface area (Å²) in [5.41, 5.74) is 3.95. The van der Waals surface area contributed by atoms with Gasteiger partial charge in [0.2, 0.25) is 10.0 Å². The zero-order valence-corrected chi connectivity index (χ0v) is 18.3. The number of rotatable bonds is 8. The Morgan fingerprint density at radius 1 is 0.903 bits per heavy atom. The van der Waals surface area contributed by atoms with Crippen LogP contribution in [-0.2, 0) is 38.8 Å². The number of Topliss-reactive ketones (excluding diaryl/α,β-unsaturated/α-hetero) is 1. The van der Waals surface area contributed by atoms with Crippen molar-refractivity contribution in [3.05, 3.63) is 64.7 Å². The first kappa shape index (κ1) is 21.7. The summed E-state index contributed by atoms with van der Waals surface area (Å²) in [5.74, 6) is -0.636. The van der Waals surface area contributed by atoms with Crippen molar-refractivity contribution in [1.82, 2.24) is 4.31 Å². The summed E-state index contributed by atoms with van der Waals surface area (Å²) >= 11 is 0. The fourth-order valence-electron chi connectivity index (χ4n) is 4.20. The molecule has 0 saturated carbocycles. The standard InChI is InChI=1S/C24H27NO5S/c26-23(21-10-9-19-4-3-5-20(19)16-21)17-30-24(27)13-8-18-6-11-22(12-7-18)31(28,29)25-14-1-2-15-25/h6-7,9-12,16H,1-5,8,13-15,17H2. The highest BCUT2D eigenvalue weighted by molar-refractivity contribution is 7.89. The molecule has 0 radical (unpaired) electrons. The third kappa shape index (κ3) is 5.05. The van der Waals surface area contributed by atoms with Gasteiger partial charge in [-0.05, 0) is 73.4 Å². The Labute approximate surface area is 183 Å². The average Bonchev–Trinajstić information content (AvgIpc) is 3.48. The van der Waals surface area contributed by atoms with E-state index in [0.717, 1.165) is 37.7 Å². The van der Waals surface area contributed by atoms with E-state index in [2.05, 4.69) is 0 Å². The van der Waals surface area contributed by atoms with E-state index in [1.807, 2.05) is 12.1 Å². The summed E-state index contributed by atoms with van der Waals surface area (Å²) in [6.45, 7) is 0.880. The number of hydrogen-bond acceptors (Lipinski definition) is 5. The molecule has 7 heteroatoms. The molecule has 0 atom stereocenters. The number of esters is 1. The molecular weight excluding hydrogens is 414 g/mol. The van der Waals surface area contributed by atoms with Crippen LogP contribution >= 0.6 is 0 Å². The second kappa shape index (κ2) is 9.32. The molecule has 31 heavy (non-hydrogen) atoms. The lowest BCUT2D eigenvalue weighted by molar-refractivity contribution is -0.142. The van der Waals surface area contributed by atoms with Crippen LogP contribution in [-0.4, -0.2) is 44.2 Å². The molecule has 0 N–H and O–H groups in total. The van der Waals surface area contributed by atoms with Gasteiger partial charge in [0.25, 0.3) is 0 Å². The van der Waals surface area contributed by atoms with Crippen LogP contribution in [0.3, 0.4) is 0 Å². The summed E-state index contributed by atoms with van der Waals surface area (Å²) in [5, 5.41) is 0. The van der Waals surface area contributed by atoms with E-state index in [9.17, 15) is 18.0 Å². The fraction of sp³-hybridized carbons (Fsp3) is 0.417. The SMILES string of the molecule is O=C(CCc1ccc(S(=O)(=O)N2CCCC2)cc1)OCC(=O)c1ccc2c(c1)CCC2. The van der Waals surface area contributed by atoms with Crippen molar-refractivity contribution >= 4 is 21.8 Å². The van der Waals surface area contributed by atoms with E-state index in [0.29, 0.717) is 25.1 Å². The Kier molecular flexibility index (Phi) is 6.53. The third-order valence-electron chi connectivity index (χ3n) is 6.03. The molecule has 1 aliphatic carbocycles. The average molecular weight is 442 g/mol. The number of fused-ring (bicyclic) bond motifs is 1. The van der Waals surface area contributed by atoms with Crippen molar-refractivity contribution in [1.29, 1.82) is 0 Å². The first-order valence-corrected chi connectivity index (χ1v) is 12.3. The van der Waals surface area contributed by atoms with Gasteiger partial charge in [0.15, 0.2) is 12.4 Å². The normalized spacial score (nSPS) is 16.3. The van der Waals surface area contributed by atoms with Crippen molar-refractivity contribution in [2.24, 2.45) is 0 Å². The number of carbonyl (C=O) groups excluding carboxylic acids is 2. The van der Waals surface area contributed by atoms with Crippen LogP contribution in [0, 0.1) is 0 Å². The van der Waals surface area contributed by atoms with Crippen molar-refractivity contribution in [3.8, 4) is 0 Å². The lowest BCUT2D eigenvalue weighted by Gasteiger charge is -2.15. The molecule has 1 saturated heterocycles. The maximum absolute atomic E-state index is 12.6. The van der Waals surface area contributed by atoms with E-state index in [1.165, 1.54) is 15.4 Å². The van der Waals surface area contributed by atoms with Gasteiger partial charge in [0, 0.05) is 25.1 Å². The molecule has 1 fully saturated rings. The first-order chi connectivity index (χ1) is 14.9. The largest absolute Gasteiger partial charge is 0.457 e. The van der Waals surface area contributed by atoms with Crippen LogP contribution in [0.15, 0.2) is 47.4 Å². The number of carbonyl (C=O) groups is 2. The summed E-state index contributed by atoms with van der Waals surface area (Å²) in [7, 11) is -3.43. The molecule has 6 nitrogen and oxygen atoms in total. The van der Waals surface area contributed by atoms with Crippen molar-refractivity contribution in [3.63, 3.8) is 0 Å². The predicted molar refractivity (Wildman–Crippen MR) is 117 cm³/mol. The maximum atomic E-state index is 12.6. The second-order valence-corrected chi connectivity index (χ2v) is 10.1. The second-order valence-electron chi connectivity index (χ2n) is 8.18. The zero-order chi connectivity index (χ0) is 21.8. The molecule has 2 aliphatic rings. The van der Waals surface area contributed by atoms with E-state index in [-0.39, 0.29) is 23.7 Å². The number of aryl methyl sites for hydroxylation is 3. The van der Waals surface area contributed by atoms with Crippen LogP contribution < -0.4 is 0 Å². The fourth-order valence-corrected chi connectivity index (χ4v) is 5.72. The molecule has 1 heterocycles. The summed E-state index contributed by atoms with van der Waals surface area (Å²) in [6, 6.07) is 12.3. The van der Waals surface area contributed by atoms with Gasteiger partial charge in [-0.1, -0.05) is 24.3 Å². The Hall–Kier alpha value is -2.51. The summed E-state index contributed by atoms with van der Waals surface area (Å²) in [4.78, 5) is 24.7. The Morgan fingerprint density at radius 2 is 1.61 bits per heavy atom. The van der Waals surface area contributed by atoms with E-state index in [1.54, 1.807) is 30.3 Å². The van der Waals surface area contributed by atoms with Gasteiger partial charge in [0.1, 0.15) is 0 Å². The lowest BCUT2D eigenvalue weighted by atomic mass is 10.0. The maximum Gasteiger partial charge on any atom is 0.306 e. The van der Waals surface area contributed by atoms with Crippen LogP contribution in [0.1, 0.15) is 52.7 Å². The lowest BCUT2D eigenvalue weighted by Crippen LogP contribution is -2.27. The van der Waals surface area contributed by atoms with Crippen LogP contribution in [0.25, 0.3) is 0 Å². The highest BCUT2D eigenvalue weighted by Crippen LogP contribution is 2.23. The number of ketones is 1. The Morgan fingerprint density at radius 3 is 2.35 bits per heavy atom. The van der Waals surface area contributed by atoms with Crippen LogP contribution in [0.2, 0.25) is 0 Å². The minimum atomic E-state index is -3.43. The summed E-state index contributed by atoms with van der Waals surface area (Å²) < 4.78 is 31.8. The third-order valence-corrected chi connectivity index (χ3v) is 7.94. The van der Waals surface area contributed by atoms with Gasteiger partial charge >= 0.3 is 5.97 Å². The summed E-state index contributed by atoms with van der Waals surface area (Å²) in [6.07, 6.45) is 5.53. The molecule has 0 spiro atoms. The van der Waals surface area contributed by atoms with Gasteiger partial charge in [-0.25, -0.2) is 8.42 Å². The number of hydrogen-bond donors (Lipinski definition) is 0. The monoisotopic (exact) mass is 441 g/mol. The smallest absolute Gasteiger partial charge is 0.306 e. The van der Waals surface area contributed by atoms with Gasteiger partial charge in [-0.3, -0.25) is 9.59 Å². The Bertz CT molecular complexity index is 1070. The van der Waals surface area contributed by atoms with Gasteiger partial charge < -0.3 is 4.74 Å². The zero-order valence-electron chi connectivity index (χ0n) is 17.5. The number of benzene rings is 2. The van der Waals surface area contributed by atoms with E-state index in [4.69, 9.17) is 4.74 Å². The van der Waals surface area contributed by atoms with E-state index < -0.39 is 16.0 Å². The molecule has 164 valence electrons. The highest BCUT2D eigenvalue weighted by Gasteiger charge is 2.26. The molecule has 1 aliphatic heterocycles. The molecule has 0 unspecified atom stereocenters. The van der Waals surface area contributed by atoms with Crippen molar-refractivity contribution < 1.29 is 22.7 Å². The van der Waals surface area contributed by atoms with Gasteiger partial charge in [0.05, 0.1) is 4.90 Å². The molecular formula is C24H27NO5S. The molecule has 0 bridgehead atoms. The molecule has 2 aromatic carbocycles. The van der Waals surface area contributed by atoms with Crippen LogP contribution in [0.5, 0.6) is 0 Å². The number of ether oxygens (including phenoxy) is 1. The molecule has 4 rings (SSSR count). The quantitative estimate of drug-likeness (QED) is 0.464. The van der Waals surface area contributed by atoms with Gasteiger partial charge in [-0.15, -0.1) is 0 Å². The minimum absolute atomic E-state index is 0.135. The molecule has 2 aromatic rings. The first-order valence-electron chi connectivity index (χ1n) is 10.8. The van der Waals surface area contributed by atoms with Crippen LogP contribution in [0.4, 0.5) is 0 Å². The molecule has 0 amide bonds. The van der Waals surface area contributed by atoms with Crippen molar-refractivity contribution in [2.45, 2.75) is 49.8 Å². The topological polar surface area (TPSA) is 80.8 Å². The van der Waals surface area contributed by atoms with Crippen molar-refractivity contribution in [2.75, 3.05) is 19.7 Å². The van der Waals surface area contributed by atoms with E-state index >= 15 is 0 Å².